The Bertz CT molecular complexity index is 1260. The molecule has 0 bridgehead atoms. The summed E-state index contributed by atoms with van der Waals surface area (Å²) >= 11 is 12.9. The van der Waals surface area contributed by atoms with Gasteiger partial charge in [-0.05, 0) is 48.1 Å². The summed E-state index contributed by atoms with van der Waals surface area (Å²) in [4.78, 5) is 28.5. The van der Waals surface area contributed by atoms with E-state index in [0.717, 1.165) is 5.56 Å². The molecule has 0 unspecified atom stereocenters. The molecule has 1 aromatic carbocycles. The molecular weight excluding hydrogens is 423 g/mol. The predicted octanol–water partition coefficient (Wildman–Crippen LogP) is 3.32. The van der Waals surface area contributed by atoms with Crippen molar-refractivity contribution < 1.29 is 9.90 Å². The number of nitrogen functional groups attached to an aromatic ring is 1. The number of anilines is 1. The van der Waals surface area contributed by atoms with Crippen LogP contribution in [-0.2, 0) is 4.79 Å². The predicted molar refractivity (Wildman–Crippen MR) is 110 cm³/mol. The van der Waals surface area contributed by atoms with Gasteiger partial charge in [-0.2, -0.15) is 14.6 Å². The molecule has 1 aliphatic carbocycles. The molecule has 2 aromatic heterocycles. The molecule has 0 radical (unpaired) electrons. The summed E-state index contributed by atoms with van der Waals surface area (Å²) < 4.78 is 1.37. The number of phenolic OH excluding ortho intramolecular Hbond substituents is 1. The summed E-state index contributed by atoms with van der Waals surface area (Å²) in [6.07, 6.45) is 4.24. The molecular formula is C18H10Cl2N4O3S. The van der Waals surface area contributed by atoms with E-state index in [2.05, 4.69) is 10.1 Å². The fraction of sp³-hybridized carbons (Fsp3) is 0. The highest BCUT2D eigenvalue weighted by Gasteiger charge is 2.19. The van der Waals surface area contributed by atoms with E-state index in [-0.39, 0.29) is 27.2 Å². The molecule has 140 valence electrons. The first kappa shape index (κ1) is 18.4. The van der Waals surface area contributed by atoms with Crippen LogP contribution >= 0.6 is 34.5 Å². The van der Waals surface area contributed by atoms with E-state index in [0.29, 0.717) is 15.5 Å². The monoisotopic (exact) mass is 432 g/mol. The summed E-state index contributed by atoms with van der Waals surface area (Å²) in [6, 6.07) is 6.47. The van der Waals surface area contributed by atoms with Gasteiger partial charge in [0.15, 0.2) is 0 Å². The van der Waals surface area contributed by atoms with Crippen molar-refractivity contribution in [2.24, 2.45) is 0 Å². The molecule has 0 saturated heterocycles. The van der Waals surface area contributed by atoms with Crippen molar-refractivity contribution in [1.29, 1.82) is 0 Å². The van der Waals surface area contributed by atoms with Crippen LogP contribution in [0.5, 0.6) is 5.75 Å². The smallest absolute Gasteiger partial charge is 0.283 e. The second-order valence-corrected chi connectivity index (χ2v) is 7.59. The normalized spacial score (nSPS) is 14.2. The van der Waals surface area contributed by atoms with Gasteiger partial charge in [-0.25, -0.2) is 0 Å². The number of carbonyl (C=O) groups excluding carboxylic acids is 1. The number of benzene rings is 1. The number of aromatic hydroxyl groups is 1. The lowest BCUT2D eigenvalue weighted by Crippen LogP contribution is -2.17. The molecule has 0 aliphatic heterocycles. The van der Waals surface area contributed by atoms with Crippen molar-refractivity contribution in [1.82, 2.24) is 14.6 Å². The second kappa shape index (κ2) is 6.90. The van der Waals surface area contributed by atoms with E-state index >= 15 is 0 Å². The third kappa shape index (κ3) is 3.22. The van der Waals surface area contributed by atoms with E-state index in [1.807, 2.05) is 0 Å². The zero-order valence-corrected chi connectivity index (χ0v) is 16.2. The van der Waals surface area contributed by atoms with Crippen LogP contribution in [0.25, 0.3) is 21.6 Å². The van der Waals surface area contributed by atoms with Crippen molar-refractivity contribution in [2.45, 2.75) is 0 Å². The van der Waals surface area contributed by atoms with Gasteiger partial charge in [-0.3, -0.25) is 9.59 Å². The molecule has 0 atom stereocenters. The number of Topliss-reactive ketones (excluding diaryl/α,β-unsaturated/α-hetero) is 1. The summed E-state index contributed by atoms with van der Waals surface area (Å²) in [6.45, 7) is 0. The van der Waals surface area contributed by atoms with Crippen LogP contribution in [0.4, 0.5) is 5.82 Å². The quantitative estimate of drug-likeness (QED) is 0.642. The van der Waals surface area contributed by atoms with Gasteiger partial charge < -0.3 is 10.8 Å². The van der Waals surface area contributed by atoms with Gasteiger partial charge in [0.25, 0.3) is 5.56 Å². The van der Waals surface area contributed by atoms with E-state index in [9.17, 15) is 14.7 Å². The lowest BCUT2D eigenvalue weighted by molar-refractivity contribution is -0.111. The lowest BCUT2D eigenvalue weighted by Gasteiger charge is -2.07. The number of ketones is 1. The molecule has 0 fully saturated rings. The molecule has 1 aliphatic rings. The molecule has 3 N–H and O–H groups in total. The van der Waals surface area contributed by atoms with Crippen LogP contribution < -0.4 is 11.3 Å². The van der Waals surface area contributed by atoms with E-state index in [4.69, 9.17) is 28.9 Å². The maximum Gasteiger partial charge on any atom is 0.283 e. The largest absolute Gasteiger partial charge is 0.508 e. The number of hydrogen-bond donors (Lipinski definition) is 2. The van der Waals surface area contributed by atoms with Gasteiger partial charge >= 0.3 is 0 Å². The van der Waals surface area contributed by atoms with Crippen molar-refractivity contribution in [3.05, 3.63) is 68.0 Å². The molecule has 2 heterocycles. The van der Waals surface area contributed by atoms with Crippen molar-refractivity contribution in [3.63, 3.8) is 0 Å². The Morgan fingerprint density at radius 3 is 2.39 bits per heavy atom. The van der Waals surface area contributed by atoms with E-state index in [1.54, 1.807) is 12.1 Å². The maximum absolute atomic E-state index is 12.5. The minimum atomic E-state index is -0.545. The Hall–Kier alpha value is -2.94. The van der Waals surface area contributed by atoms with Gasteiger partial charge in [0.05, 0.1) is 15.6 Å². The standard InChI is InChI=1S/C18H10Cl2N4O3S/c19-12-6-8(7-13(20)14(12)26)5-11-15(21)24-18(22-16(11)27)28-17(23-24)9-1-3-10(25)4-2-9/h1-7,25H,21H2. The number of phenols is 1. The number of fused-ring (bicyclic) bond motifs is 1. The third-order valence-electron chi connectivity index (χ3n) is 3.94. The summed E-state index contributed by atoms with van der Waals surface area (Å²) in [7, 11) is 0. The highest BCUT2D eigenvalue weighted by atomic mass is 35.5. The number of allylic oxidation sites excluding steroid dienone is 5. The van der Waals surface area contributed by atoms with Gasteiger partial charge in [0.1, 0.15) is 16.6 Å². The first-order chi connectivity index (χ1) is 13.3. The lowest BCUT2D eigenvalue weighted by atomic mass is 10.1. The Morgan fingerprint density at radius 1 is 1.11 bits per heavy atom. The second-order valence-electron chi connectivity index (χ2n) is 5.82. The van der Waals surface area contributed by atoms with Crippen LogP contribution in [0.2, 0.25) is 0 Å². The molecule has 0 spiro atoms. The highest BCUT2D eigenvalue weighted by Crippen LogP contribution is 2.29. The number of aromatic nitrogens is 3. The first-order valence-corrected chi connectivity index (χ1v) is 9.40. The van der Waals surface area contributed by atoms with E-state index in [1.165, 1.54) is 46.2 Å². The zero-order chi connectivity index (χ0) is 20.0. The van der Waals surface area contributed by atoms with Gasteiger partial charge in [0, 0.05) is 5.56 Å². The van der Waals surface area contributed by atoms with Crippen molar-refractivity contribution in [2.75, 3.05) is 5.73 Å². The molecule has 28 heavy (non-hydrogen) atoms. The number of halogens is 2. The van der Waals surface area contributed by atoms with Crippen molar-refractivity contribution in [3.8, 4) is 16.3 Å². The molecule has 4 rings (SSSR count). The van der Waals surface area contributed by atoms with Crippen LogP contribution in [-0.4, -0.2) is 25.5 Å². The molecule has 7 nitrogen and oxygen atoms in total. The number of hydrogen-bond acceptors (Lipinski definition) is 7. The number of nitrogens with two attached hydrogens (primary N) is 1. The van der Waals surface area contributed by atoms with Crippen LogP contribution in [0.3, 0.4) is 0 Å². The Morgan fingerprint density at radius 2 is 1.75 bits per heavy atom. The molecule has 0 saturated carbocycles. The van der Waals surface area contributed by atoms with Crippen LogP contribution in [0.1, 0.15) is 5.56 Å². The van der Waals surface area contributed by atoms with Crippen LogP contribution in [0, 0.1) is 0 Å². The maximum atomic E-state index is 12.5. The average molecular weight is 433 g/mol. The van der Waals surface area contributed by atoms with E-state index < -0.39 is 11.3 Å². The van der Waals surface area contributed by atoms with Gasteiger partial charge in [-0.1, -0.05) is 34.5 Å². The van der Waals surface area contributed by atoms with Gasteiger partial charge in [-0.15, -0.1) is 0 Å². The number of carbonyl (C=O) groups is 1. The van der Waals surface area contributed by atoms with Crippen molar-refractivity contribution >= 4 is 57.2 Å². The average Bonchev–Trinajstić information content (AvgIpc) is 3.07. The zero-order valence-electron chi connectivity index (χ0n) is 13.9. The molecule has 10 heteroatoms. The fourth-order valence-corrected chi connectivity index (χ4v) is 3.97. The number of rotatable bonds is 2. The topological polar surface area (TPSA) is 111 Å². The SMILES string of the molecule is Nc1c(C=C2C=C(Cl)C(=O)C(Cl)=C2)c(=O)nc2sc(-c3ccc(O)cc3)nn12. The first-order valence-electron chi connectivity index (χ1n) is 7.83. The fourth-order valence-electron chi connectivity index (χ4n) is 2.57. The Balaban J connectivity index is 1.85. The van der Waals surface area contributed by atoms with Gasteiger partial charge in [0.2, 0.25) is 10.7 Å². The molecule has 0 amide bonds. The highest BCUT2D eigenvalue weighted by molar-refractivity contribution is 7.19. The minimum Gasteiger partial charge on any atom is -0.508 e. The summed E-state index contributed by atoms with van der Waals surface area (Å²) in [5.41, 5.74) is 6.90. The Kier molecular flexibility index (Phi) is 4.54. The van der Waals surface area contributed by atoms with Crippen LogP contribution in [0.15, 0.2) is 56.8 Å². The third-order valence-corrected chi connectivity index (χ3v) is 5.46. The minimum absolute atomic E-state index is 0.0604. The number of nitrogens with zero attached hydrogens (tertiary/aromatic N) is 3. The summed E-state index contributed by atoms with van der Waals surface area (Å²) in [5, 5.41) is 14.3. The Labute approximate surface area is 171 Å². The molecule has 3 aromatic rings. The summed E-state index contributed by atoms with van der Waals surface area (Å²) in [5.74, 6) is -0.262.